The first-order chi connectivity index (χ1) is 27.2. The van der Waals surface area contributed by atoms with Gasteiger partial charge in [-0.2, -0.15) is 0 Å². The Morgan fingerprint density at radius 3 is 1.00 bits per heavy atom. The predicted molar refractivity (Wildman–Crippen MR) is 236 cm³/mol. The zero-order valence-electron chi connectivity index (χ0n) is 30.5. The fraction of sp³-hybridized carbons (Fsp3) is 0. The number of anilines is 3. The van der Waals surface area contributed by atoms with Gasteiger partial charge in [0.15, 0.2) is 0 Å². The standard InChI is InChI=1S/C54H39N/c1-2-39-12-14-42(15-13-39)43-16-18-44(19-17-43)47-28-34-53(35-29-47)55(52-32-26-46(27-33-52)40-8-4-3-5-9-40)54-36-30-48(31-37-54)45-20-22-49(23-21-45)51-25-24-41-10-6-7-11-50(41)38-51/h2-38H,1H2. The monoisotopic (exact) mass is 701 g/mol. The van der Waals surface area contributed by atoms with Gasteiger partial charge >= 0.3 is 0 Å². The molecule has 0 aromatic heterocycles. The van der Waals surface area contributed by atoms with Crippen LogP contribution < -0.4 is 4.90 Å². The van der Waals surface area contributed by atoms with E-state index in [2.05, 4.69) is 230 Å². The van der Waals surface area contributed by atoms with E-state index < -0.39 is 0 Å². The summed E-state index contributed by atoms with van der Waals surface area (Å²) in [5.74, 6) is 0. The second kappa shape index (κ2) is 15.0. The SMILES string of the molecule is C=Cc1ccc(-c2ccc(-c3ccc(N(c4ccc(-c5ccccc5)cc4)c4ccc(-c5ccc(-c6ccc7ccccc7c6)cc5)cc4)cc3)cc2)cc1. The molecule has 0 N–H and O–H groups in total. The summed E-state index contributed by atoms with van der Waals surface area (Å²) in [6.45, 7) is 3.87. The topological polar surface area (TPSA) is 3.24 Å². The van der Waals surface area contributed by atoms with E-state index in [1.54, 1.807) is 0 Å². The van der Waals surface area contributed by atoms with E-state index in [0.717, 1.165) is 22.6 Å². The second-order valence-corrected chi connectivity index (χ2v) is 13.9. The van der Waals surface area contributed by atoms with Gasteiger partial charge < -0.3 is 4.90 Å². The third-order valence-electron chi connectivity index (χ3n) is 10.5. The van der Waals surface area contributed by atoms with Crippen molar-refractivity contribution in [1.82, 2.24) is 0 Å². The molecule has 0 fully saturated rings. The second-order valence-electron chi connectivity index (χ2n) is 13.9. The normalized spacial score (nSPS) is 11.0. The maximum absolute atomic E-state index is 3.87. The van der Waals surface area contributed by atoms with Crippen molar-refractivity contribution in [2.45, 2.75) is 0 Å². The van der Waals surface area contributed by atoms with Crippen LogP contribution in [0, 0.1) is 0 Å². The summed E-state index contributed by atoms with van der Waals surface area (Å²) in [5.41, 5.74) is 16.4. The highest BCUT2D eigenvalue weighted by Gasteiger charge is 2.14. The lowest BCUT2D eigenvalue weighted by atomic mass is 9.98. The zero-order valence-corrected chi connectivity index (χ0v) is 30.5. The Hall–Kier alpha value is -7.22. The Morgan fingerprint density at radius 1 is 0.273 bits per heavy atom. The molecule has 0 bridgehead atoms. The lowest BCUT2D eigenvalue weighted by Gasteiger charge is -2.26. The van der Waals surface area contributed by atoms with Gasteiger partial charge in [0.05, 0.1) is 0 Å². The van der Waals surface area contributed by atoms with Crippen LogP contribution in [-0.4, -0.2) is 0 Å². The minimum Gasteiger partial charge on any atom is -0.311 e. The molecule has 0 atom stereocenters. The average molecular weight is 702 g/mol. The number of benzene rings is 9. The molecule has 9 rings (SSSR count). The van der Waals surface area contributed by atoms with Crippen molar-refractivity contribution in [2.24, 2.45) is 0 Å². The highest BCUT2D eigenvalue weighted by Crippen LogP contribution is 2.38. The molecule has 0 aliphatic carbocycles. The van der Waals surface area contributed by atoms with Crippen LogP contribution in [0.2, 0.25) is 0 Å². The van der Waals surface area contributed by atoms with Crippen LogP contribution in [0.4, 0.5) is 17.1 Å². The fourth-order valence-electron chi connectivity index (χ4n) is 7.38. The molecular formula is C54H39N. The predicted octanol–water partition coefficient (Wildman–Crippen LogP) is 15.3. The summed E-state index contributed by atoms with van der Waals surface area (Å²) >= 11 is 0. The molecule has 0 amide bonds. The molecule has 9 aromatic carbocycles. The molecule has 0 heterocycles. The number of hydrogen-bond donors (Lipinski definition) is 0. The molecule has 9 aromatic rings. The van der Waals surface area contributed by atoms with E-state index in [4.69, 9.17) is 0 Å². The van der Waals surface area contributed by atoms with Gasteiger partial charge in [-0.15, -0.1) is 0 Å². The van der Waals surface area contributed by atoms with Gasteiger partial charge in [0.2, 0.25) is 0 Å². The van der Waals surface area contributed by atoms with Crippen molar-refractivity contribution in [3.63, 3.8) is 0 Å². The van der Waals surface area contributed by atoms with Crippen molar-refractivity contribution in [3.8, 4) is 55.6 Å². The molecule has 1 nitrogen and oxygen atoms in total. The van der Waals surface area contributed by atoms with Gasteiger partial charge in [-0.25, -0.2) is 0 Å². The largest absolute Gasteiger partial charge is 0.311 e. The molecule has 0 aliphatic heterocycles. The Balaban J connectivity index is 1.00. The van der Waals surface area contributed by atoms with Crippen LogP contribution in [0.25, 0.3) is 72.5 Å². The molecule has 0 radical (unpaired) electrons. The molecule has 0 saturated heterocycles. The van der Waals surface area contributed by atoms with Crippen LogP contribution in [0.3, 0.4) is 0 Å². The first-order valence-electron chi connectivity index (χ1n) is 18.8. The molecule has 0 aliphatic rings. The fourth-order valence-corrected chi connectivity index (χ4v) is 7.38. The zero-order chi connectivity index (χ0) is 37.0. The van der Waals surface area contributed by atoms with Gasteiger partial charge in [-0.1, -0.05) is 189 Å². The molecular weight excluding hydrogens is 663 g/mol. The summed E-state index contributed by atoms with van der Waals surface area (Å²) in [6.07, 6.45) is 1.87. The van der Waals surface area contributed by atoms with E-state index in [1.807, 2.05) is 6.08 Å². The van der Waals surface area contributed by atoms with E-state index >= 15 is 0 Å². The summed E-state index contributed by atoms with van der Waals surface area (Å²) in [6, 6.07) is 78.6. The minimum absolute atomic E-state index is 1.10. The maximum Gasteiger partial charge on any atom is 0.0462 e. The number of fused-ring (bicyclic) bond motifs is 1. The van der Waals surface area contributed by atoms with Gasteiger partial charge in [0, 0.05) is 17.1 Å². The van der Waals surface area contributed by atoms with Crippen molar-refractivity contribution in [3.05, 3.63) is 231 Å². The van der Waals surface area contributed by atoms with Crippen molar-refractivity contribution in [2.75, 3.05) is 4.90 Å². The van der Waals surface area contributed by atoms with Crippen LogP contribution >= 0.6 is 0 Å². The quantitative estimate of drug-likeness (QED) is 0.145. The number of rotatable bonds is 9. The summed E-state index contributed by atoms with van der Waals surface area (Å²) in [4.78, 5) is 2.33. The van der Waals surface area contributed by atoms with E-state index in [9.17, 15) is 0 Å². The van der Waals surface area contributed by atoms with E-state index in [1.165, 1.54) is 66.4 Å². The minimum atomic E-state index is 1.10. The Morgan fingerprint density at radius 2 is 0.582 bits per heavy atom. The molecule has 0 saturated carbocycles. The molecule has 0 unspecified atom stereocenters. The Labute approximate surface area is 323 Å². The smallest absolute Gasteiger partial charge is 0.0462 e. The highest BCUT2D eigenvalue weighted by molar-refractivity contribution is 5.88. The highest BCUT2D eigenvalue weighted by atomic mass is 15.1. The van der Waals surface area contributed by atoms with Crippen molar-refractivity contribution < 1.29 is 0 Å². The first-order valence-corrected chi connectivity index (χ1v) is 18.8. The third-order valence-corrected chi connectivity index (χ3v) is 10.5. The molecule has 1 heteroatoms. The number of hydrogen-bond acceptors (Lipinski definition) is 1. The van der Waals surface area contributed by atoms with Gasteiger partial charge in [-0.05, 0) is 114 Å². The number of nitrogens with zero attached hydrogens (tertiary/aromatic N) is 1. The lowest BCUT2D eigenvalue weighted by Crippen LogP contribution is -2.09. The summed E-state index contributed by atoms with van der Waals surface area (Å²) in [7, 11) is 0. The lowest BCUT2D eigenvalue weighted by molar-refractivity contribution is 1.28. The van der Waals surface area contributed by atoms with Gasteiger partial charge in [0.1, 0.15) is 0 Å². The van der Waals surface area contributed by atoms with Crippen molar-refractivity contribution in [1.29, 1.82) is 0 Å². The van der Waals surface area contributed by atoms with Crippen LogP contribution in [0.15, 0.2) is 225 Å². The third kappa shape index (κ3) is 7.12. The first kappa shape index (κ1) is 33.6. The van der Waals surface area contributed by atoms with Crippen LogP contribution in [-0.2, 0) is 0 Å². The molecule has 0 spiro atoms. The molecule has 55 heavy (non-hydrogen) atoms. The van der Waals surface area contributed by atoms with Crippen LogP contribution in [0.5, 0.6) is 0 Å². The van der Waals surface area contributed by atoms with Gasteiger partial charge in [-0.3, -0.25) is 0 Å². The maximum atomic E-state index is 3.87. The average Bonchev–Trinajstić information content (AvgIpc) is 3.27. The van der Waals surface area contributed by atoms with Crippen molar-refractivity contribution >= 4 is 33.9 Å². The Kier molecular flexibility index (Phi) is 9.18. The van der Waals surface area contributed by atoms with E-state index in [0.29, 0.717) is 0 Å². The van der Waals surface area contributed by atoms with E-state index in [-0.39, 0.29) is 0 Å². The Bertz CT molecular complexity index is 2690. The van der Waals surface area contributed by atoms with Gasteiger partial charge in [0.25, 0.3) is 0 Å². The summed E-state index contributed by atoms with van der Waals surface area (Å²) in [5, 5.41) is 2.52. The summed E-state index contributed by atoms with van der Waals surface area (Å²) < 4.78 is 0. The molecule has 260 valence electrons. The van der Waals surface area contributed by atoms with Crippen LogP contribution in [0.1, 0.15) is 5.56 Å².